The summed E-state index contributed by atoms with van der Waals surface area (Å²) in [5.41, 5.74) is 1.71. The van der Waals surface area contributed by atoms with Gasteiger partial charge in [-0.15, -0.1) is 36.2 Å². The summed E-state index contributed by atoms with van der Waals surface area (Å²) in [5, 5.41) is 8.92. The van der Waals surface area contributed by atoms with E-state index in [2.05, 4.69) is 22.5 Å². The summed E-state index contributed by atoms with van der Waals surface area (Å²) in [6.07, 6.45) is 1.38. The third-order valence-corrected chi connectivity index (χ3v) is 4.51. The van der Waals surface area contributed by atoms with Gasteiger partial charge in [-0.05, 0) is 31.2 Å². The number of methoxy groups -OCH3 is 2. The maximum absolute atomic E-state index is 12.0. The summed E-state index contributed by atoms with van der Waals surface area (Å²) < 4.78 is 10.6. The van der Waals surface area contributed by atoms with Gasteiger partial charge in [0.15, 0.2) is 11.5 Å². The number of hydrogen-bond donors (Lipinski definition) is 2. The molecule has 1 amide bonds. The molecular weight excluding hydrogens is 409 g/mol. The average molecular weight is 436 g/mol. The first kappa shape index (κ1) is 25.5. The van der Waals surface area contributed by atoms with E-state index in [-0.39, 0.29) is 37.1 Å². The number of carbonyl (C=O) groups is 1. The van der Waals surface area contributed by atoms with E-state index in [1.165, 1.54) is 11.3 Å². The Morgan fingerprint density at radius 3 is 2.52 bits per heavy atom. The van der Waals surface area contributed by atoms with E-state index in [1.807, 2.05) is 23.6 Å². The van der Waals surface area contributed by atoms with Crippen molar-refractivity contribution in [3.63, 3.8) is 0 Å². The number of rotatable bonds is 10. The monoisotopic (exact) mass is 435 g/mol. The van der Waals surface area contributed by atoms with Crippen molar-refractivity contribution in [1.29, 1.82) is 0 Å². The molecule has 1 aromatic heterocycles. The molecule has 0 atom stereocenters. The molecule has 0 aliphatic carbocycles. The smallest absolute Gasteiger partial charge is 0.226 e. The van der Waals surface area contributed by atoms with Gasteiger partial charge in [-0.3, -0.25) is 4.79 Å². The first-order chi connectivity index (χ1) is 12.2. The summed E-state index contributed by atoms with van der Waals surface area (Å²) in [7, 11) is 3.21. The lowest BCUT2D eigenvalue weighted by Crippen LogP contribution is -2.33. The minimum absolute atomic E-state index is 0. The molecule has 152 valence electrons. The van der Waals surface area contributed by atoms with Gasteiger partial charge in [-0.25, -0.2) is 4.98 Å². The van der Waals surface area contributed by atoms with Crippen molar-refractivity contribution in [1.82, 2.24) is 15.6 Å². The summed E-state index contributed by atoms with van der Waals surface area (Å²) >= 11 is 1.51. The molecule has 9 heteroatoms. The maximum Gasteiger partial charge on any atom is 0.226 e. The van der Waals surface area contributed by atoms with Crippen LogP contribution >= 0.6 is 36.2 Å². The third kappa shape index (κ3) is 7.92. The molecule has 0 spiro atoms. The van der Waals surface area contributed by atoms with E-state index >= 15 is 0 Å². The molecule has 0 fully saturated rings. The number of nitrogens with one attached hydrogen (secondary N) is 2. The highest BCUT2D eigenvalue weighted by Gasteiger charge is 2.11. The van der Waals surface area contributed by atoms with Crippen LogP contribution in [-0.2, 0) is 11.2 Å². The molecule has 2 rings (SSSR count). The molecule has 27 heavy (non-hydrogen) atoms. The number of benzene rings is 1. The molecule has 1 aromatic carbocycles. The number of ether oxygens (including phenoxy) is 2. The second-order valence-corrected chi connectivity index (χ2v) is 6.35. The lowest BCUT2D eigenvalue weighted by molar-refractivity contribution is -0.120. The molecule has 0 aliphatic rings. The Balaban J connectivity index is 0.00000338. The van der Waals surface area contributed by atoms with Crippen molar-refractivity contribution in [2.75, 3.05) is 33.9 Å². The van der Waals surface area contributed by atoms with E-state index in [9.17, 15) is 4.79 Å². The van der Waals surface area contributed by atoms with Crippen LogP contribution in [0.25, 0.3) is 10.6 Å². The van der Waals surface area contributed by atoms with E-state index < -0.39 is 0 Å². The molecule has 0 aliphatic heterocycles. The summed E-state index contributed by atoms with van der Waals surface area (Å²) in [6, 6.07) is 5.68. The van der Waals surface area contributed by atoms with Crippen molar-refractivity contribution >= 4 is 42.1 Å². The van der Waals surface area contributed by atoms with Gasteiger partial charge in [0, 0.05) is 24.0 Å². The second-order valence-electron chi connectivity index (χ2n) is 5.49. The van der Waals surface area contributed by atoms with Gasteiger partial charge >= 0.3 is 0 Å². The number of aromatic nitrogens is 1. The molecule has 2 aromatic rings. The van der Waals surface area contributed by atoms with Crippen molar-refractivity contribution < 1.29 is 14.3 Å². The highest BCUT2D eigenvalue weighted by atomic mass is 35.5. The number of halogens is 2. The Kier molecular flexibility index (Phi) is 12.8. The van der Waals surface area contributed by atoms with Gasteiger partial charge < -0.3 is 20.1 Å². The predicted octanol–water partition coefficient (Wildman–Crippen LogP) is 3.33. The lowest BCUT2D eigenvalue weighted by atomic mass is 10.2. The van der Waals surface area contributed by atoms with Crippen molar-refractivity contribution in [3.05, 3.63) is 29.3 Å². The quantitative estimate of drug-likeness (QED) is 0.559. The highest BCUT2D eigenvalue weighted by molar-refractivity contribution is 7.13. The minimum Gasteiger partial charge on any atom is -0.493 e. The first-order valence-electron chi connectivity index (χ1n) is 8.32. The molecular formula is C18H27Cl2N3O3S. The van der Waals surface area contributed by atoms with Gasteiger partial charge in [0.25, 0.3) is 0 Å². The van der Waals surface area contributed by atoms with Crippen LogP contribution in [0.2, 0.25) is 0 Å². The average Bonchev–Trinajstić information content (AvgIpc) is 3.09. The van der Waals surface area contributed by atoms with Crippen LogP contribution in [-0.4, -0.2) is 44.7 Å². The largest absolute Gasteiger partial charge is 0.493 e. The van der Waals surface area contributed by atoms with Crippen LogP contribution in [0.4, 0.5) is 0 Å². The maximum atomic E-state index is 12.0. The molecule has 2 N–H and O–H groups in total. The SMILES string of the molecule is CCCNCCNC(=O)Cc1csc(-c2ccc(OC)c(OC)c2)n1.Cl.Cl. The fourth-order valence-corrected chi connectivity index (χ4v) is 3.13. The Hall–Kier alpha value is -1.54. The van der Waals surface area contributed by atoms with Crippen LogP contribution in [0.1, 0.15) is 19.0 Å². The second kappa shape index (κ2) is 13.6. The Morgan fingerprint density at radius 2 is 1.85 bits per heavy atom. The van der Waals surface area contributed by atoms with Crippen molar-refractivity contribution in [2.45, 2.75) is 19.8 Å². The zero-order valence-corrected chi connectivity index (χ0v) is 18.2. The predicted molar refractivity (Wildman–Crippen MR) is 115 cm³/mol. The van der Waals surface area contributed by atoms with E-state index in [0.29, 0.717) is 18.0 Å². The topological polar surface area (TPSA) is 72.5 Å². The van der Waals surface area contributed by atoms with Gasteiger partial charge in [0.1, 0.15) is 5.01 Å². The Labute approximate surface area is 176 Å². The van der Waals surface area contributed by atoms with E-state index in [0.717, 1.165) is 35.8 Å². The number of amides is 1. The summed E-state index contributed by atoms with van der Waals surface area (Å²) in [4.78, 5) is 16.5. The van der Waals surface area contributed by atoms with Crippen LogP contribution < -0.4 is 20.1 Å². The Morgan fingerprint density at radius 1 is 1.11 bits per heavy atom. The lowest BCUT2D eigenvalue weighted by Gasteiger charge is -2.08. The van der Waals surface area contributed by atoms with Crippen LogP contribution in [0, 0.1) is 0 Å². The summed E-state index contributed by atoms with van der Waals surface area (Å²) in [6.45, 7) is 4.50. The number of carbonyl (C=O) groups excluding carboxylic acids is 1. The van der Waals surface area contributed by atoms with E-state index in [4.69, 9.17) is 9.47 Å². The fourth-order valence-electron chi connectivity index (χ4n) is 2.31. The van der Waals surface area contributed by atoms with Gasteiger partial charge in [-0.1, -0.05) is 6.92 Å². The molecule has 0 radical (unpaired) electrons. The standard InChI is InChI=1S/C18H25N3O3S.2ClH/c1-4-7-19-8-9-20-17(22)11-14-12-25-18(21-14)13-5-6-15(23-2)16(10-13)24-3;;/h5-6,10,12,19H,4,7-9,11H2,1-3H3,(H,20,22);2*1H. The normalized spacial score (nSPS) is 9.74. The van der Waals surface area contributed by atoms with Crippen molar-refractivity contribution in [3.8, 4) is 22.1 Å². The third-order valence-electron chi connectivity index (χ3n) is 3.57. The van der Waals surface area contributed by atoms with Gasteiger partial charge in [0.05, 0.1) is 26.3 Å². The number of nitrogens with zero attached hydrogens (tertiary/aromatic N) is 1. The van der Waals surface area contributed by atoms with Crippen molar-refractivity contribution in [2.24, 2.45) is 0 Å². The molecule has 0 unspecified atom stereocenters. The van der Waals surface area contributed by atoms with Crippen LogP contribution in [0.3, 0.4) is 0 Å². The molecule has 0 bridgehead atoms. The molecule has 6 nitrogen and oxygen atoms in total. The number of thiazole rings is 1. The van der Waals surface area contributed by atoms with Gasteiger partial charge in [0.2, 0.25) is 5.91 Å². The highest BCUT2D eigenvalue weighted by Crippen LogP contribution is 2.33. The zero-order chi connectivity index (χ0) is 18.1. The fraction of sp³-hybridized carbons (Fsp3) is 0.444. The molecule has 0 saturated heterocycles. The summed E-state index contributed by atoms with van der Waals surface area (Å²) in [5.74, 6) is 1.33. The Bertz CT molecular complexity index is 698. The van der Waals surface area contributed by atoms with Crippen LogP contribution in [0.15, 0.2) is 23.6 Å². The molecule has 0 saturated carbocycles. The first-order valence-corrected chi connectivity index (χ1v) is 9.20. The number of hydrogen-bond acceptors (Lipinski definition) is 6. The van der Waals surface area contributed by atoms with Gasteiger partial charge in [-0.2, -0.15) is 0 Å². The minimum atomic E-state index is -0.0116. The zero-order valence-electron chi connectivity index (χ0n) is 15.7. The van der Waals surface area contributed by atoms with Crippen LogP contribution in [0.5, 0.6) is 11.5 Å². The van der Waals surface area contributed by atoms with E-state index in [1.54, 1.807) is 14.2 Å². The molecule has 1 heterocycles.